The standard InChI is InChI=1S/C12H17NS/c1-9-2-3-12-11(6-9)7-10(8-13)4-5-14-12/h2-3,6,10H,4-5,7-8,13H2,1H3. The molecule has 0 fully saturated rings. The second-order valence-electron chi connectivity index (χ2n) is 4.05. The molecular weight excluding hydrogens is 190 g/mol. The van der Waals surface area contributed by atoms with Crippen LogP contribution in [-0.2, 0) is 6.42 Å². The lowest BCUT2D eigenvalue weighted by molar-refractivity contribution is 0.524. The summed E-state index contributed by atoms with van der Waals surface area (Å²) in [6.45, 7) is 2.99. The van der Waals surface area contributed by atoms with E-state index in [0.717, 1.165) is 6.54 Å². The smallest absolute Gasteiger partial charge is 0.0104 e. The predicted molar refractivity (Wildman–Crippen MR) is 62.8 cm³/mol. The molecule has 76 valence electrons. The van der Waals surface area contributed by atoms with Crippen LogP contribution in [0.15, 0.2) is 23.1 Å². The highest BCUT2D eigenvalue weighted by Gasteiger charge is 2.15. The third-order valence-corrected chi connectivity index (χ3v) is 3.99. The molecular formula is C12H17NS. The van der Waals surface area contributed by atoms with Crippen LogP contribution in [0.4, 0.5) is 0 Å². The number of thioether (sulfide) groups is 1. The molecule has 0 saturated carbocycles. The van der Waals surface area contributed by atoms with Gasteiger partial charge in [0.1, 0.15) is 0 Å². The van der Waals surface area contributed by atoms with Crippen molar-refractivity contribution < 1.29 is 0 Å². The lowest BCUT2D eigenvalue weighted by atomic mass is 9.96. The molecule has 0 spiro atoms. The van der Waals surface area contributed by atoms with Gasteiger partial charge in [-0.25, -0.2) is 0 Å². The summed E-state index contributed by atoms with van der Waals surface area (Å²) in [7, 11) is 0. The van der Waals surface area contributed by atoms with Crippen LogP contribution in [0.25, 0.3) is 0 Å². The Morgan fingerprint density at radius 2 is 2.36 bits per heavy atom. The van der Waals surface area contributed by atoms with Gasteiger partial charge in [-0.3, -0.25) is 0 Å². The van der Waals surface area contributed by atoms with Crippen LogP contribution >= 0.6 is 11.8 Å². The van der Waals surface area contributed by atoms with Crippen LogP contribution < -0.4 is 5.73 Å². The zero-order chi connectivity index (χ0) is 9.97. The summed E-state index contributed by atoms with van der Waals surface area (Å²) in [5.41, 5.74) is 8.62. The number of fused-ring (bicyclic) bond motifs is 1. The summed E-state index contributed by atoms with van der Waals surface area (Å²) >= 11 is 1.98. The molecule has 1 aliphatic heterocycles. The van der Waals surface area contributed by atoms with E-state index < -0.39 is 0 Å². The minimum atomic E-state index is 0.686. The maximum Gasteiger partial charge on any atom is 0.0104 e. The van der Waals surface area contributed by atoms with Crippen molar-refractivity contribution >= 4 is 11.8 Å². The van der Waals surface area contributed by atoms with Crippen LogP contribution in [0.3, 0.4) is 0 Å². The Kier molecular flexibility index (Phi) is 3.14. The van der Waals surface area contributed by atoms with Crippen molar-refractivity contribution in [1.82, 2.24) is 0 Å². The molecule has 2 N–H and O–H groups in total. The van der Waals surface area contributed by atoms with Gasteiger partial charge >= 0.3 is 0 Å². The SMILES string of the molecule is Cc1ccc2c(c1)CC(CN)CCS2. The normalized spacial score (nSPS) is 21.4. The third kappa shape index (κ3) is 2.12. The minimum Gasteiger partial charge on any atom is -0.330 e. The van der Waals surface area contributed by atoms with E-state index in [1.807, 2.05) is 11.8 Å². The van der Waals surface area contributed by atoms with Gasteiger partial charge in [-0.15, -0.1) is 11.8 Å². The van der Waals surface area contributed by atoms with Crippen molar-refractivity contribution in [3.05, 3.63) is 29.3 Å². The first kappa shape index (κ1) is 10.1. The Bertz CT molecular complexity index is 322. The molecule has 14 heavy (non-hydrogen) atoms. The molecule has 1 unspecified atom stereocenters. The molecule has 1 atom stereocenters. The Hall–Kier alpha value is -0.470. The summed E-state index contributed by atoms with van der Waals surface area (Å²) in [6, 6.07) is 6.78. The molecule has 2 heteroatoms. The number of aryl methyl sites for hydroxylation is 1. The van der Waals surface area contributed by atoms with Gasteiger partial charge in [0.25, 0.3) is 0 Å². The number of nitrogens with two attached hydrogens (primary N) is 1. The van der Waals surface area contributed by atoms with E-state index in [1.165, 1.54) is 34.6 Å². The van der Waals surface area contributed by atoms with E-state index in [1.54, 1.807) is 0 Å². The Labute approximate surface area is 90.1 Å². The zero-order valence-electron chi connectivity index (χ0n) is 8.62. The topological polar surface area (TPSA) is 26.0 Å². The fraction of sp³-hybridized carbons (Fsp3) is 0.500. The van der Waals surface area contributed by atoms with Crippen molar-refractivity contribution in [3.63, 3.8) is 0 Å². The molecule has 1 aromatic rings. The Morgan fingerprint density at radius 3 is 3.14 bits per heavy atom. The molecule has 0 saturated heterocycles. The zero-order valence-corrected chi connectivity index (χ0v) is 9.44. The molecule has 1 heterocycles. The van der Waals surface area contributed by atoms with Crippen molar-refractivity contribution in [1.29, 1.82) is 0 Å². The van der Waals surface area contributed by atoms with Gasteiger partial charge in [-0.2, -0.15) is 0 Å². The quantitative estimate of drug-likeness (QED) is 0.766. The van der Waals surface area contributed by atoms with Crippen molar-refractivity contribution in [3.8, 4) is 0 Å². The van der Waals surface area contributed by atoms with Crippen LogP contribution in [0.1, 0.15) is 17.5 Å². The molecule has 0 aromatic heterocycles. The fourth-order valence-electron chi connectivity index (χ4n) is 1.96. The largest absolute Gasteiger partial charge is 0.330 e. The molecule has 0 bridgehead atoms. The highest BCUT2D eigenvalue weighted by molar-refractivity contribution is 7.99. The summed E-state index contributed by atoms with van der Waals surface area (Å²) in [5.74, 6) is 1.91. The van der Waals surface area contributed by atoms with E-state index in [4.69, 9.17) is 5.73 Å². The third-order valence-electron chi connectivity index (χ3n) is 2.84. The van der Waals surface area contributed by atoms with E-state index in [0.29, 0.717) is 5.92 Å². The van der Waals surface area contributed by atoms with Gasteiger partial charge in [-0.05, 0) is 49.6 Å². The van der Waals surface area contributed by atoms with Gasteiger partial charge < -0.3 is 5.73 Å². The second kappa shape index (κ2) is 4.37. The maximum atomic E-state index is 5.76. The number of rotatable bonds is 1. The van der Waals surface area contributed by atoms with E-state index in [-0.39, 0.29) is 0 Å². The highest BCUT2D eigenvalue weighted by atomic mass is 32.2. The first-order valence-corrected chi connectivity index (χ1v) is 6.20. The highest BCUT2D eigenvalue weighted by Crippen LogP contribution is 2.31. The van der Waals surface area contributed by atoms with Crippen LogP contribution in [-0.4, -0.2) is 12.3 Å². The van der Waals surface area contributed by atoms with E-state index >= 15 is 0 Å². The van der Waals surface area contributed by atoms with E-state index in [2.05, 4.69) is 25.1 Å². The van der Waals surface area contributed by atoms with E-state index in [9.17, 15) is 0 Å². The Morgan fingerprint density at radius 1 is 1.50 bits per heavy atom. The van der Waals surface area contributed by atoms with Crippen LogP contribution in [0.5, 0.6) is 0 Å². The van der Waals surface area contributed by atoms with Crippen LogP contribution in [0.2, 0.25) is 0 Å². The van der Waals surface area contributed by atoms with Gasteiger partial charge in [0, 0.05) is 4.90 Å². The summed E-state index contributed by atoms with van der Waals surface area (Å²) in [4.78, 5) is 1.46. The first-order valence-electron chi connectivity index (χ1n) is 5.22. The molecule has 1 aliphatic rings. The second-order valence-corrected chi connectivity index (χ2v) is 5.19. The lowest BCUT2D eigenvalue weighted by Crippen LogP contribution is -2.16. The average Bonchev–Trinajstić information content (AvgIpc) is 2.38. The molecule has 0 aliphatic carbocycles. The molecule has 2 rings (SSSR count). The van der Waals surface area contributed by atoms with Gasteiger partial charge in [-0.1, -0.05) is 17.7 Å². The number of benzene rings is 1. The summed E-state index contributed by atoms with van der Waals surface area (Å²) < 4.78 is 0. The Balaban J connectivity index is 2.28. The predicted octanol–water partition coefficient (Wildman–Crippen LogP) is 2.61. The molecule has 0 radical (unpaired) electrons. The molecule has 0 amide bonds. The van der Waals surface area contributed by atoms with Gasteiger partial charge in [0.15, 0.2) is 0 Å². The van der Waals surface area contributed by atoms with Crippen molar-refractivity contribution in [2.75, 3.05) is 12.3 Å². The molecule has 1 aromatic carbocycles. The minimum absolute atomic E-state index is 0.686. The number of hydrogen-bond acceptors (Lipinski definition) is 2. The van der Waals surface area contributed by atoms with Crippen molar-refractivity contribution in [2.24, 2.45) is 11.7 Å². The van der Waals surface area contributed by atoms with Gasteiger partial charge in [0.05, 0.1) is 0 Å². The molecule has 1 nitrogen and oxygen atoms in total. The fourth-order valence-corrected chi connectivity index (χ4v) is 3.12. The monoisotopic (exact) mass is 207 g/mol. The first-order chi connectivity index (χ1) is 6.79. The summed E-state index contributed by atoms with van der Waals surface area (Å²) in [5, 5.41) is 0. The van der Waals surface area contributed by atoms with Crippen molar-refractivity contribution in [2.45, 2.75) is 24.7 Å². The number of hydrogen-bond donors (Lipinski definition) is 1. The lowest BCUT2D eigenvalue weighted by Gasteiger charge is -2.11. The van der Waals surface area contributed by atoms with Crippen LogP contribution in [0, 0.1) is 12.8 Å². The average molecular weight is 207 g/mol. The maximum absolute atomic E-state index is 5.76. The summed E-state index contributed by atoms with van der Waals surface area (Å²) in [6.07, 6.45) is 2.43. The van der Waals surface area contributed by atoms with Gasteiger partial charge in [0.2, 0.25) is 0 Å².